The summed E-state index contributed by atoms with van der Waals surface area (Å²) in [4.78, 5) is 13.8. The second kappa shape index (κ2) is 7.09. The van der Waals surface area contributed by atoms with E-state index in [1.54, 1.807) is 6.26 Å². The molecule has 0 radical (unpaired) electrons. The van der Waals surface area contributed by atoms with Gasteiger partial charge in [-0.05, 0) is 51.8 Å². The minimum Gasteiger partial charge on any atom is -0.468 e. The van der Waals surface area contributed by atoms with E-state index in [0.29, 0.717) is 45.4 Å². The molecule has 1 N–H and O–H groups in total. The minimum atomic E-state index is -0.718. The standard InChI is InChI=1S/C16H25NO4/c1-3-20-15(18)13-6-8-16(19,9-7-13)12-17(2)11-14-5-4-10-21-14/h4-5,10,13,19H,3,6-9,11-12H2,1-2H3. The Morgan fingerprint density at radius 1 is 1.52 bits per heavy atom. The van der Waals surface area contributed by atoms with E-state index in [2.05, 4.69) is 4.90 Å². The zero-order valence-electron chi connectivity index (χ0n) is 12.9. The van der Waals surface area contributed by atoms with E-state index in [-0.39, 0.29) is 11.9 Å². The number of nitrogens with zero attached hydrogens (tertiary/aromatic N) is 1. The maximum absolute atomic E-state index is 11.7. The number of ether oxygens (including phenoxy) is 1. The van der Waals surface area contributed by atoms with Gasteiger partial charge in [-0.1, -0.05) is 0 Å². The average Bonchev–Trinajstić information content (AvgIpc) is 2.92. The van der Waals surface area contributed by atoms with Crippen molar-refractivity contribution in [3.05, 3.63) is 24.2 Å². The van der Waals surface area contributed by atoms with Crippen molar-refractivity contribution < 1.29 is 19.1 Å². The number of hydrogen-bond acceptors (Lipinski definition) is 5. The predicted molar refractivity (Wildman–Crippen MR) is 78.6 cm³/mol. The molecule has 1 heterocycles. The Morgan fingerprint density at radius 2 is 2.24 bits per heavy atom. The van der Waals surface area contributed by atoms with Crippen LogP contribution in [0.4, 0.5) is 0 Å². The van der Waals surface area contributed by atoms with Gasteiger partial charge >= 0.3 is 5.97 Å². The van der Waals surface area contributed by atoms with E-state index in [9.17, 15) is 9.90 Å². The maximum atomic E-state index is 11.7. The molecule has 0 aliphatic heterocycles. The molecule has 0 bridgehead atoms. The number of aliphatic hydroxyl groups is 1. The minimum absolute atomic E-state index is 0.0550. The summed E-state index contributed by atoms with van der Waals surface area (Å²) in [5.41, 5.74) is -0.718. The van der Waals surface area contributed by atoms with Gasteiger partial charge in [-0.2, -0.15) is 0 Å². The van der Waals surface area contributed by atoms with Crippen LogP contribution in [0, 0.1) is 5.92 Å². The van der Waals surface area contributed by atoms with Crippen molar-refractivity contribution in [1.82, 2.24) is 4.90 Å². The largest absolute Gasteiger partial charge is 0.468 e. The van der Waals surface area contributed by atoms with Crippen LogP contribution in [-0.2, 0) is 16.1 Å². The van der Waals surface area contributed by atoms with Gasteiger partial charge in [-0.15, -0.1) is 0 Å². The van der Waals surface area contributed by atoms with Gasteiger partial charge in [0.15, 0.2) is 0 Å². The van der Waals surface area contributed by atoms with Crippen LogP contribution in [0.5, 0.6) is 0 Å². The quantitative estimate of drug-likeness (QED) is 0.815. The van der Waals surface area contributed by atoms with Gasteiger partial charge < -0.3 is 14.3 Å². The van der Waals surface area contributed by atoms with Crippen molar-refractivity contribution >= 4 is 5.97 Å². The van der Waals surface area contributed by atoms with E-state index in [0.717, 1.165) is 5.76 Å². The Kier molecular flexibility index (Phi) is 5.42. The molecule has 1 aliphatic carbocycles. The Bertz CT molecular complexity index is 435. The smallest absolute Gasteiger partial charge is 0.308 e. The molecule has 2 rings (SSSR count). The van der Waals surface area contributed by atoms with Gasteiger partial charge in [0, 0.05) is 6.54 Å². The number of carbonyl (C=O) groups is 1. The normalized spacial score (nSPS) is 26.0. The van der Waals surface area contributed by atoms with E-state index in [1.165, 1.54) is 0 Å². The lowest BCUT2D eigenvalue weighted by atomic mass is 9.78. The van der Waals surface area contributed by atoms with Crippen LogP contribution in [0.25, 0.3) is 0 Å². The van der Waals surface area contributed by atoms with Crippen LogP contribution in [0.2, 0.25) is 0 Å². The molecule has 5 heteroatoms. The highest BCUT2D eigenvalue weighted by Crippen LogP contribution is 2.33. The third-order valence-corrected chi connectivity index (χ3v) is 4.11. The van der Waals surface area contributed by atoms with Crippen molar-refractivity contribution in [1.29, 1.82) is 0 Å². The lowest BCUT2D eigenvalue weighted by Crippen LogP contribution is -2.45. The topological polar surface area (TPSA) is 62.9 Å². The first-order valence-corrected chi connectivity index (χ1v) is 7.62. The fraction of sp³-hybridized carbons (Fsp3) is 0.688. The predicted octanol–water partition coefficient (Wildman–Crippen LogP) is 2.20. The lowest BCUT2D eigenvalue weighted by molar-refractivity contribution is -0.151. The number of likely N-dealkylation sites (N-methyl/N-ethyl adjacent to an activating group) is 1. The molecular formula is C16H25NO4. The number of furan rings is 1. The summed E-state index contributed by atoms with van der Waals surface area (Å²) in [5, 5.41) is 10.7. The summed E-state index contributed by atoms with van der Waals surface area (Å²) in [5.74, 6) is 0.713. The van der Waals surface area contributed by atoms with Gasteiger partial charge in [-0.25, -0.2) is 0 Å². The highest BCUT2D eigenvalue weighted by atomic mass is 16.5. The second-order valence-electron chi connectivity index (χ2n) is 6.00. The van der Waals surface area contributed by atoms with Crippen molar-refractivity contribution in [2.75, 3.05) is 20.2 Å². The fourth-order valence-corrected chi connectivity index (χ4v) is 3.04. The first-order chi connectivity index (χ1) is 10.0. The first-order valence-electron chi connectivity index (χ1n) is 7.62. The molecule has 1 aromatic heterocycles. The van der Waals surface area contributed by atoms with Crippen LogP contribution in [0.1, 0.15) is 38.4 Å². The van der Waals surface area contributed by atoms with Gasteiger partial charge in [0.1, 0.15) is 5.76 Å². The summed E-state index contributed by atoms with van der Waals surface area (Å²) < 4.78 is 10.4. The first kappa shape index (κ1) is 16.0. The van der Waals surface area contributed by atoms with E-state index in [4.69, 9.17) is 9.15 Å². The Morgan fingerprint density at radius 3 is 2.81 bits per heavy atom. The molecule has 1 saturated carbocycles. The zero-order valence-corrected chi connectivity index (χ0v) is 12.9. The van der Waals surface area contributed by atoms with Crippen LogP contribution in [-0.4, -0.2) is 41.8 Å². The molecule has 21 heavy (non-hydrogen) atoms. The van der Waals surface area contributed by atoms with Crippen LogP contribution in [0.3, 0.4) is 0 Å². The molecule has 1 aromatic rings. The highest BCUT2D eigenvalue weighted by Gasteiger charge is 2.37. The fourth-order valence-electron chi connectivity index (χ4n) is 3.04. The molecule has 0 saturated heterocycles. The molecule has 0 amide bonds. The maximum Gasteiger partial charge on any atom is 0.308 e. The highest BCUT2D eigenvalue weighted by molar-refractivity contribution is 5.72. The molecule has 0 unspecified atom stereocenters. The molecule has 118 valence electrons. The number of esters is 1. The van der Waals surface area contributed by atoms with Crippen molar-refractivity contribution in [3.63, 3.8) is 0 Å². The summed E-state index contributed by atoms with van der Waals surface area (Å²) in [6, 6.07) is 3.79. The number of hydrogen-bond donors (Lipinski definition) is 1. The summed E-state index contributed by atoms with van der Waals surface area (Å²) in [6.45, 7) is 3.51. The Hall–Kier alpha value is -1.33. The molecule has 0 spiro atoms. The van der Waals surface area contributed by atoms with Gasteiger partial charge in [0.2, 0.25) is 0 Å². The SMILES string of the molecule is CCOC(=O)C1CCC(O)(CN(C)Cc2ccco2)CC1. The van der Waals surface area contributed by atoms with E-state index >= 15 is 0 Å². The van der Waals surface area contributed by atoms with Crippen LogP contribution >= 0.6 is 0 Å². The van der Waals surface area contributed by atoms with Crippen LogP contribution in [0.15, 0.2) is 22.8 Å². The summed E-state index contributed by atoms with van der Waals surface area (Å²) in [6.07, 6.45) is 4.33. The van der Waals surface area contributed by atoms with Crippen molar-refractivity contribution in [3.8, 4) is 0 Å². The summed E-state index contributed by atoms with van der Waals surface area (Å²) >= 11 is 0. The summed E-state index contributed by atoms with van der Waals surface area (Å²) in [7, 11) is 1.97. The van der Waals surface area contributed by atoms with Crippen molar-refractivity contribution in [2.24, 2.45) is 5.92 Å². The molecule has 5 nitrogen and oxygen atoms in total. The third kappa shape index (κ3) is 4.58. The van der Waals surface area contributed by atoms with Crippen molar-refractivity contribution in [2.45, 2.75) is 44.8 Å². The third-order valence-electron chi connectivity index (χ3n) is 4.11. The zero-order chi connectivity index (χ0) is 15.3. The monoisotopic (exact) mass is 295 g/mol. The molecular weight excluding hydrogens is 270 g/mol. The second-order valence-corrected chi connectivity index (χ2v) is 6.00. The van der Waals surface area contributed by atoms with E-state index < -0.39 is 5.60 Å². The van der Waals surface area contributed by atoms with Gasteiger partial charge in [0.25, 0.3) is 0 Å². The average molecular weight is 295 g/mol. The molecule has 1 fully saturated rings. The van der Waals surface area contributed by atoms with Gasteiger partial charge in [-0.3, -0.25) is 9.69 Å². The number of rotatable bonds is 6. The number of carbonyl (C=O) groups excluding carboxylic acids is 1. The molecule has 0 atom stereocenters. The van der Waals surface area contributed by atoms with Gasteiger partial charge in [0.05, 0.1) is 30.9 Å². The Labute approximate surface area is 125 Å². The molecule has 1 aliphatic rings. The van der Waals surface area contributed by atoms with E-state index in [1.807, 2.05) is 26.1 Å². The Balaban J connectivity index is 1.80. The lowest BCUT2D eigenvalue weighted by Gasteiger charge is -2.37. The van der Waals surface area contributed by atoms with Crippen LogP contribution < -0.4 is 0 Å². The molecule has 0 aromatic carbocycles.